The Hall–Kier alpha value is -3.65. The van der Waals surface area contributed by atoms with E-state index in [1.165, 1.54) is 11.8 Å². The van der Waals surface area contributed by atoms with Crippen molar-refractivity contribution in [3.05, 3.63) is 84.3 Å². The van der Waals surface area contributed by atoms with Gasteiger partial charge in [0.2, 0.25) is 0 Å². The van der Waals surface area contributed by atoms with Crippen molar-refractivity contribution in [1.29, 1.82) is 0 Å². The molecule has 0 unspecified atom stereocenters. The molecule has 0 N–H and O–H groups in total. The average Bonchev–Trinajstić information content (AvgIpc) is 3.58. The van der Waals surface area contributed by atoms with Crippen LogP contribution in [-0.2, 0) is 4.79 Å². The fourth-order valence-corrected chi connectivity index (χ4v) is 4.46. The minimum absolute atomic E-state index is 0.0513. The highest BCUT2D eigenvalue weighted by Gasteiger charge is 2.24. The van der Waals surface area contributed by atoms with E-state index in [2.05, 4.69) is 15.3 Å². The van der Waals surface area contributed by atoms with Crippen LogP contribution < -0.4 is 0 Å². The first-order chi connectivity index (χ1) is 15.7. The maximum absolute atomic E-state index is 12.9. The first-order valence-electron chi connectivity index (χ1n) is 10.3. The number of amides is 1. The zero-order chi connectivity index (χ0) is 21.9. The molecule has 1 aliphatic rings. The van der Waals surface area contributed by atoms with Gasteiger partial charge in [-0.1, -0.05) is 60.3 Å². The highest BCUT2D eigenvalue weighted by atomic mass is 32.2. The van der Waals surface area contributed by atoms with E-state index in [0.29, 0.717) is 17.5 Å². The molecule has 0 saturated carbocycles. The fourth-order valence-electron chi connectivity index (χ4n) is 3.64. The van der Waals surface area contributed by atoms with Gasteiger partial charge in [0, 0.05) is 12.1 Å². The van der Waals surface area contributed by atoms with Crippen LogP contribution in [0.2, 0.25) is 0 Å². The van der Waals surface area contributed by atoms with Gasteiger partial charge in [0.15, 0.2) is 11.0 Å². The highest BCUT2D eigenvalue weighted by Crippen LogP contribution is 2.30. The molecule has 1 amide bonds. The lowest BCUT2D eigenvalue weighted by Crippen LogP contribution is -2.25. The average molecular weight is 444 g/mol. The number of hydrazone groups is 1. The predicted octanol–water partition coefficient (Wildman–Crippen LogP) is 4.56. The van der Waals surface area contributed by atoms with E-state index in [0.717, 1.165) is 34.7 Å². The van der Waals surface area contributed by atoms with E-state index < -0.39 is 0 Å². The maximum Gasteiger partial charge on any atom is 0.253 e. The van der Waals surface area contributed by atoms with Gasteiger partial charge < -0.3 is 4.42 Å². The van der Waals surface area contributed by atoms with Crippen LogP contribution in [0, 0.1) is 6.92 Å². The zero-order valence-electron chi connectivity index (χ0n) is 17.5. The third-order valence-electron chi connectivity index (χ3n) is 5.27. The Morgan fingerprint density at radius 1 is 1.03 bits per heavy atom. The topological polar surface area (TPSA) is 76.5 Å². The van der Waals surface area contributed by atoms with E-state index in [4.69, 9.17) is 4.42 Å². The first-order valence-corrected chi connectivity index (χ1v) is 11.3. The summed E-state index contributed by atoms with van der Waals surface area (Å²) in [7, 11) is 0. The third kappa shape index (κ3) is 3.97. The molecule has 1 aliphatic heterocycles. The molecule has 0 spiro atoms. The third-order valence-corrected chi connectivity index (χ3v) is 6.18. The van der Waals surface area contributed by atoms with Crippen LogP contribution in [0.3, 0.4) is 0 Å². The summed E-state index contributed by atoms with van der Waals surface area (Å²) >= 11 is 1.36. The number of carbonyl (C=O) groups is 1. The molecule has 8 heteroatoms. The summed E-state index contributed by atoms with van der Waals surface area (Å²) < 4.78 is 7.42. The number of hydrogen-bond donors (Lipinski definition) is 0. The quantitative estimate of drug-likeness (QED) is 0.408. The van der Waals surface area contributed by atoms with Gasteiger partial charge in [-0.3, -0.25) is 9.36 Å². The predicted molar refractivity (Wildman–Crippen MR) is 124 cm³/mol. The maximum atomic E-state index is 12.9. The minimum Gasteiger partial charge on any atom is -0.469 e. The number of thioether (sulfide) groups is 1. The van der Waals surface area contributed by atoms with Crippen LogP contribution in [-0.4, -0.2) is 43.7 Å². The van der Waals surface area contributed by atoms with Gasteiger partial charge in [-0.05, 0) is 30.7 Å². The largest absolute Gasteiger partial charge is 0.469 e. The number of furan rings is 1. The molecule has 0 saturated heterocycles. The van der Waals surface area contributed by atoms with E-state index >= 15 is 0 Å². The zero-order valence-corrected chi connectivity index (χ0v) is 18.3. The van der Waals surface area contributed by atoms with Gasteiger partial charge in [-0.15, -0.1) is 10.2 Å². The summed E-state index contributed by atoms with van der Waals surface area (Å²) in [6, 6.07) is 21.7. The van der Waals surface area contributed by atoms with E-state index in [1.54, 1.807) is 11.3 Å². The number of rotatable bonds is 6. The number of nitrogens with zero attached hydrogens (tertiary/aromatic N) is 5. The smallest absolute Gasteiger partial charge is 0.253 e. The highest BCUT2D eigenvalue weighted by molar-refractivity contribution is 7.99. The summed E-state index contributed by atoms with van der Waals surface area (Å²) in [5.41, 5.74) is 3.79. The lowest BCUT2D eigenvalue weighted by Gasteiger charge is -2.12. The van der Waals surface area contributed by atoms with Crippen molar-refractivity contribution in [2.24, 2.45) is 5.10 Å². The number of aryl methyl sites for hydroxylation is 1. The Balaban J connectivity index is 1.37. The number of aromatic nitrogens is 3. The van der Waals surface area contributed by atoms with Crippen LogP contribution in [0.15, 0.2) is 87.7 Å². The molecule has 0 aliphatic carbocycles. The van der Waals surface area contributed by atoms with Gasteiger partial charge in [-0.2, -0.15) is 5.10 Å². The molecule has 32 heavy (non-hydrogen) atoms. The molecule has 0 atom stereocenters. The van der Waals surface area contributed by atoms with Crippen LogP contribution in [0.25, 0.3) is 17.1 Å². The molecule has 7 nitrogen and oxygen atoms in total. The van der Waals surface area contributed by atoms with E-state index in [-0.39, 0.29) is 11.7 Å². The molecule has 0 fully saturated rings. The lowest BCUT2D eigenvalue weighted by molar-refractivity contribution is -0.127. The first kappa shape index (κ1) is 20.3. The van der Waals surface area contributed by atoms with Crippen LogP contribution >= 0.6 is 11.8 Å². The standard InChI is InChI=1S/C24H21N5O2S/c1-17-20(13-15-31-17)23-25-26-24(29(23)19-10-6-3-7-11-19)32-16-22(30)28-14-12-21(27-28)18-8-4-2-5-9-18/h2-11,13,15H,12,14,16H2,1H3. The molecule has 160 valence electrons. The summed E-state index contributed by atoms with van der Waals surface area (Å²) in [4.78, 5) is 12.9. The minimum atomic E-state index is -0.0513. The Labute approximate surface area is 189 Å². The normalized spacial score (nSPS) is 13.4. The lowest BCUT2D eigenvalue weighted by atomic mass is 10.1. The van der Waals surface area contributed by atoms with Crippen LogP contribution in [0.4, 0.5) is 0 Å². The molecule has 0 radical (unpaired) electrons. The van der Waals surface area contributed by atoms with Gasteiger partial charge in [0.05, 0.1) is 29.8 Å². The fraction of sp³-hybridized carbons (Fsp3) is 0.167. The van der Waals surface area contributed by atoms with E-state index in [9.17, 15) is 4.79 Å². The van der Waals surface area contributed by atoms with Crippen molar-refractivity contribution < 1.29 is 9.21 Å². The van der Waals surface area contributed by atoms with Gasteiger partial charge in [0.25, 0.3) is 5.91 Å². The second-order valence-corrected chi connectivity index (χ2v) is 8.28. The molecule has 0 bridgehead atoms. The molecule has 4 aromatic rings. The molecular weight excluding hydrogens is 422 g/mol. The van der Waals surface area contributed by atoms with E-state index in [1.807, 2.05) is 78.2 Å². The number of carbonyl (C=O) groups excluding carboxylic acids is 1. The summed E-state index contributed by atoms with van der Waals surface area (Å²) in [5, 5.41) is 15.5. The van der Waals surface area contributed by atoms with Gasteiger partial charge >= 0.3 is 0 Å². The van der Waals surface area contributed by atoms with Crippen LogP contribution in [0.5, 0.6) is 0 Å². The second kappa shape index (κ2) is 8.84. The molecular formula is C24H21N5O2S. The summed E-state index contributed by atoms with van der Waals surface area (Å²) in [6.45, 7) is 2.49. The van der Waals surface area contributed by atoms with Crippen LogP contribution in [0.1, 0.15) is 17.7 Å². The number of hydrogen-bond acceptors (Lipinski definition) is 6. The molecule has 3 heterocycles. The Kier molecular flexibility index (Phi) is 5.60. The summed E-state index contributed by atoms with van der Waals surface area (Å²) in [6.07, 6.45) is 2.39. The monoisotopic (exact) mass is 443 g/mol. The SMILES string of the molecule is Cc1occc1-c1nnc(SCC(=O)N2CCC(c3ccccc3)=N2)n1-c1ccccc1. The van der Waals surface area contributed by atoms with Crippen molar-refractivity contribution in [3.8, 4) is 17.1 Å². The molecule has 2 aromatic heterocycles. The Bertz CT molecular complexity index is 1260. The summed E-state index contributed by atoms with van der Waals surface area (Å²) in [5.74, 6) is 1.62. The van der Waals surface area contributed by atoms with Gasteiger partial charge in [0.1, 0.15) is 5.76 Å². The van der Waals surface area contributed by atoms with Crippen molar-refractivity contribution >= 4 is 23.4 Å². The number of para-hydroxylation sites is 1. The van der Waals surface area contributed by atoms with Gasteiger partial charge in [-0.25, -0.2) is 5.01 Å². The Morgan fingerprint density at radius 3 is 2.50 bits per heavy atom. The van der Waals surface area contributed by atoms with Crippen molar-refractivity contribution in [3.63, 3.8) is 0 Å². The molecule has 2 aromatic carbocycles. The van der Waals surface area contributed by atoms with Crippen molar-refractivity contribution in [1.82, 2.24) is 19.8 Å². The second-order valence-electron chi connectivity index (χ2n) is 7.34. The van der Waals surface area contributed by atoms with Crippen molar-refractivity contribution in [2.75, 3.05) is 12.3 Å². The number of benzene rings is 2. The molecule has 5 rings (SSSR count). The Morgan fingerprint density at radius 2 is 1.78 bits per heavy atom. The van der Waals surface area contributed by atoms with Crippen molar-refractivity contribution in [2.45, 2.75) is 18.5 Å².